The average Bonchev–Trinajstić information content (AvgIpc) is 3.37. The van der Waals surface area contributed by atoms with Gasteiger partial charge in [-0.2, -0.15) is 0 Å². The van der Waals surface area contributed by atoms with Crippen LogP contribution in [-0.4, -0.2) is 101 Å². The molecule has 1 aromatic rings. The monoisotopic (exact) mass is 478 g/mol. The van der Waals surface area contributed by atoms with Crippen LogP contribution in [0.3, 0.4) is 0 Å². The highest BCUT2D eigenvalue weighted by Gasteiger charge is 2.31. The van der Waals surface area contributed by atoms with Crippen LogP contribution in [0.2, 0.25) is 0 Å². The van der Waals surface area contributed by atoms with Crippen LogP contribution >= 0.6 is 0 Å². The van der Waals surface area contributed by atoms with Crippen LogP contribution in [0.4, 0.5) is 0 Å². The Balaban J connectivity index is 1.28. The quantitative estimate of drug-likeness (QED) is 0.649. The molecule has 3 heterocycles. The summed E-state index contributed by atoms with van der Waals surface area (Å²) in [6, 6.07) is 6.05. The molecule has 0 aliphatic carbocycles. The minimum absolute atomic E-state index is 0.0279. The van der Waals surface area contributed by atoms with Crippen molar-refractivity contribution in [3.63, 3.8) is 0 Å². The second-order valence-electron chi connectivity index (χ2n) is 9.21. The number of carbonyl (C=O) groups excluding carboxylic acids is 2. The van der Waals surface area contributed by atoms with Gasteiger partial charge >= 0.3 is 0 Å². The molecular formula is C23H34N4O5S. The molecule has 9 nitrogen and oxygen atoms in total. The fourth-order valence-electron chi connectivity index (χ4n) is 4.67. The van der Waals surface area contributed by atoms with Gasteiger partial charge in [0.05, 0.1) is 11.0 Å². The number of piperidine rings is 1. The molecule has 0 aromatic heterocycles. The van der Waals surface area contributed by atoms with Crippen LogP contribution in [0.1, 0.15) is 36.0 Å². The summed E-state index contributed by atoms with van der Waals surface area (Å²) >= 11 is 0. The number of nitrogens with one attached hydrogen (secondary N) is 1. The zero-order chi connectivity index (χ0) is 23.4. The minimum atomic E-state index is -3.65. The maximum absolute atomic E-state index is 12.9. The van der Waals surface area contributed by atoms with Crippen LogP contribution in [0.5, 0.6) is 0 Å². The summed E-state index contributed by atoms with van der Waals surface area (Å²) in [5, 5.41) is 0. The van der Waals surface area contributed by atoms with Gasteiger partial charge in [-0.25, -0.2) is 13.1 Å². The number of nitrogens with zero attached hydrogens (tertiary/aromatic N) is 3. The van der Waals surface area contributed by atoms with Gasteiger partial charge in [-0.15, -0.1) is 0 Å². The largest absolute Gasteiger partial charge is 0.377 e. The Hall–Kier alpha value is -2.01. The van der Waals surface area contributed by atoms with E-state index in [4.69, 9.17) is 4.74 Å². The molecule has 33 heavy (non-hydrogen) atoms. The Labute approximate surface area is 196 Å². The lowest BCUT2D eigenvalue weighted by Gasteiger charge is -2.37. The average molecular weight is 479 g/mol. The van der Waals surface area contributed by atoms with E-state index in [2.05, 4.69) is 16.7 Å². The summed E-state index contributed by atoms with van der Waals surface area (Å²) in [5.41, 5.74) is 0.455. The lowest BCUT2D eigenvalue weighted by atomic mass is 9.94. The summed E-state index contributed by atoms with van der Waals surface area (Å²) in [6.07, 6.45) is 3.05. The van der Waals surface area contributed by atoms with E-state index in [0.29, 0.717) is 38.1 Å². The van der Waals surface area contributed by atoms with Crippen molar-refractivity contribution >= 4 is 21.8 Å². The molecule has 3 saturated heterocycles. The SMILES string of the molecule is CN1CCN(C(=O)C2CCN(C(=O)c3ccc(S(=O)(=O)NCC4CCCO4)cc3)CC2)CC1. The standard InChI is InChI=1S/C23H34N4O5S/c1-25-12-14-27(15-13-25)23(29)19-8-10-26(11-9-19)22(28)18-4-6-21(7-5-18)33(30,31)24-17-20-3-2-16-32-20/h4-7,19-20,24H,2-3,8-17H2,1H3. The summed E-state index contributed by atoms with van der Waals surface area (Å²) in [7, 11) is -1.58. The van der Waals surface area contributed by atoms with Crippen molar-refractivity contribution < 1.29 is 22.7 Å². The fraction of sp³-hybridized carbons (Fsp3) is 0.652. The molecule has 3 fully saturated rings. The van der Waals surface area contributed by atoms with Crippen molar-refractivity contribution in [2.75, 3.05) is 59.5 Å². The number of ether oxygens (including phenoxy) is 1. The highest BCUT2D eigenvalue weighted by molar-refractivity contribution is 7.89. The summed E-state index contributed by atoms with van der Waals surface area (Å²) < 4.78 is 33.1. The number of piperazine rings is 1. The Morgan fingerprint density at radius 3 is 2.24 bits per heavy atom. The number of likely N-dealkylation sites (N-methyl/N-ethyl adjacent to an activating group) is 1. The number of carbonyl (C=O) groups is 2. The van der Waals surface area contributed by atoms with Gasteiger partial charge in [-0.05, 0) is 57.0 Å². The molecule has 0 radical (unpaired) electrons. The first-order chi connectivity index (χ1) is 15.8. The van der Waals surface area contributed by atoms with Crippen molar-refractivity contribution in [3.05, 3.63) is 29.8 Å². The number of sulfonamides is 1. The third-order valence-electron chi connectivity index (χ3n) is 6.88. The molecule has 2 amide bonds. The number of hydrogen-bond acceptors (Lipinski definition) is 6. The lowest BCUT2D eigenvalue weighted by Crippen LogP contribution is -2.51. The fourth-order valence-corrected chi connectivity index (χ4v) is 5.73. The van der Waals surface area contributed by atoms with Gasteiger partial charge in [-0.3, -0.25) is 9.59 Å². The molecule has 3 aliphatic rings. The smallest absolute Gasteiger partial charge is 0.253 e. The number of hydrogen-bond donors (Lipinski definition) is 1. The Bertz CT molecular complexity index is 930. The summed E-state index contributed by atoms with van der Waals surface area (Å²) in [6.45, 7) is 5.34. The van der Waals surface area contributed by atoms with E-state index < -0.39 is 10.0 Å². The lowest BCUT2D eigenvalue weighted by molar-refractivity contribution is -0.138. The van der Waals surface area contributed by atoms with Crippen LogP contribution in [0, 0.1) is 5.92 Å². The predicted octanol–water partition coefficient (Wildman–Crippen LogP) is 0.770. The first-order valence-electron chi connectivity index (χ1n) is 11.8. The molecule has 0 bridgehead atoms. The van der Waals surface area contributed by atoms with Crippen molar-refractivity contribution in [3.8, 4) is 0 Å². The number of likely N-dealkylation sites (tertiary alicyclic amines) is 1. The third-order valence-corrected chi connectivity index (χ3v) is 8.32. The Kier molecular flexibility index (Phi) is 7.68. The van der Waals surface area contributed by atoms with Gasteiger partial charge in [0, 0.05) is 63.9 Å². The van der Waals surface area contributed by atoms with Crippen molar-refractivity contribution in [2.24, 2.45) is 5.92 Å². The summed E-state index contributed by atoms with van der Waals surface area (Å²) in [4.78, 5) is 31.8. The van der Waals surface area contributed by atoms with E-state index in [1.807, 2.05) is 4.90 Å². The van der Waals surface area contributed by atoms with Crippen molar-refractivity contribution in [2.45, 2.75) is 36.7 Å². The van der Waals surface area contributed by atoms with E-state index in [1.54, 1.807) is 17.0 Å². The van der Waals surface area contributed by atoms with E-state index in [1.165, 1.54) is 12.1 Å². The number of amides is 2. The third kappa shape index (κ3) is 5.92. The van der Waals surface area contributed by atoms with Crippen LogP contribution in [0.25, 0.3) is 0 Å². The highest BCUT2D eigenvalue weighted by Crippen LogP contribution is 2.22. The van der Waals surface area contributed by atoms with Crippen LogP contribution in [0.15, 0.2) is 29.2 Å². The van der Waals surface area contributed by atoms with Crippen LogP contribution < -0.4 is 4.72 Å². The van der Waals surface area contributed by atoms with Gasteiger partial charge in [0.25, 0.3) is 5.91 Å². The normalized spacial score (nSPS) is 23.1. The molecule has 3 aliphatic heterocycles. The zero-order valence-corrected chi connectivity index (χ0v) is 20.1. The predicted molar refractivity (Wildman–Crippen MR) is 123 cm³/mol. The van der Waals surface area contributed by atoms with Crippen LogP contribution in [-0.2, 0) is 19.6 Å². The van der Waals surface area contributed by atoms with Gasteiger partial charge in [-0.1, -0.05) is 0 Å². The molecule has 182 valence electrons. The number of rotatable bonds is 6. The maximum atomic E-state index is 12.9. The van der Waals surface area contributed by atoms with E-state index in [-0.39, 0.29) is 35.3 Å². The molecular weight excluding hydrogens is 444 g/mol. The molecule has 10 heteroatoms. The second-order valence-corrected chi connectivity index (χ2v) is 11.0. The van der Waals surface area contributed by atoms with Gasteiger partial charge in [0.15, 0.2) is 0 Å². The van der Waals surface area contributed by atoms with Gasteiger partial charge in [0.1, 0.15) is 0 Å². The Morgan fingerprint density at radius 2 is 1.64 bits per heavy atom. The maximum Gasteiger partial charge on any atom is 0.253 e. The minimum Gasteiger partial charge on any atom is -0.377 e. The highest BCUT2D eigenvalue weighted by atomic mass is 32.2. The molecule has 1 N–H and O–H groups in total. The summed E-state index contributed by atoms with van der Waals surface area (Å²) in [5.74, 6) is 0.0527. The molecule has 0 spiro atoms. The van der Waals surface area contributed by atoms with E-state index in [0.717, 1.165) is 39.0 Å². The Morgan fingerprint density at radius 1 is 0.970 bits per heavy atom. The molecule has 0 saturated carbocycles. The van der Waals surface area contributed by atoms with Gasteiger partial charge < -0.3 is 19.4 Å². The van der Waals surface area contributed by atoms with Crippen molar-refractivity contribution in [1.82, 2.24) is 19.4 Å². The molecule has 1 unspecified atom stereocenters. The van der Waals surface area contributed by atoms with Crippen molar-refractivity contribution in [1.29, 1.82) is 0 Å². The number of benzene rings is 1. The first-order valence-corrected chi connectivity index (χ1v) is 13.3. The van der Waals surface area contributed by atoms with Gasteiger partial charge in [0.2, 0.25) is 15.9 Å². The zero-order valence-electron chi connectivity index (χ0n) is 19.2. The molecule has 1 aromatic carbocycles. The van der Waals surface area contributed by atoms with E-state index in [9.17, 15) is 18.0 Å². The van der Waals surface area contributed by atoms with E-state index >= 15 is 0 Å². The molecule has 1 atom stereocenters. The molecule has 4 rings (SSSR count). The topological polar surface area (TPSA) is 99.3 Å². The second kappa shape index (κ2) is 10.5. The first kappa shape index (κ1) is 24.1.